The Balaban J connectivity index is 1.95. The number of thiazole rings is 1. The molecule has 1 aliphatic rings. The molecule has 0 aliphatic heterocycles. The molecule has 0 aromatic carbocycles. The number of hydrogen-bond acceptors (Lipinski definition) is 5. The summed E-state index contributed by atoms with van der Waals surface area (Å²) in [4.78, 5) is 26.9. The van der Waals surface area contributed by atoms with Crippen molar-refractivity contribution in [1.29, 1.82) is 0 Å². The Morgan fingerprint density at radius 3 is 2.84 bits per heavy atom. The average Bonchev–Trinajstić information content (AvgIpc) is 2.79. The first kappa shape index (κ1) is 14.0. The molecule has 6 nitrogen and oxygen atoms in total. The molecule has 2 amide bonds. The number of rotatable bonds is 3. The fourth-order valence-electron chi connectivity index (χ4n) is 2.11. The number of aliphatic hydroxyl groups excluding tert-OH is 1. The van der Waals surface area contributed by atoms with E-state index in [0.29, 0.717) is 5.13 Å². The van der Waals surface area contributed by atoms with Gasteiger partial charge in [-0.15, -0.1) is 11.3 Å². The summed E-state index contributed by atoms with van der Waals surface area (Å²) in [5, 5.41) is 17.1. The van der Waals surface area contributed by atoms with Crippen LogP contribution in [0.4, 0.5) is 5.13 Å². The van der Waals surface area contributed by atoms with Gasteiger partial charge in [-0.1, -0.05) is 12.8 Å². The number of hydrogen-bond donors (Lipinski definition) is 3. The predicted molar refractivity (Wildman–Crippen MR) is 72.1 cm³/mol. The zero-order chi connectivity index (χ0) is 13.8. The zero-order valence-electron chi connectivity index (χ0n) is 10.7. The van der Waals surface area contributed by atoms with Gasteiger partial charge in [0.25, 0.3) is 5.91 Å². The van der Waals surface area contributed by atoms with Gasteiger partial charge in [0.05, 0.1) is 12.1 Å². The van der Waals surface area contributed by atoms with Gasteiger partial charge >= 0.3 is 0 Å². The lowest BCUT2D eigenvalue weighted by Gasteiger charge is -2.27. The Morgan fingerprint density at radius 2 is 2.16 bits per heavy atom. The van der Waals surface area contributed by atoms with E-state index in [1.165, 1.54) is 18.3 Å². The van der Waals surface area contributed by atoms with Gasteiger partial charge in [0.1, 0.15) is 5.69 Å². The van der Waals surface area contributed by atoms with Gasteiger partial charge in [0, 0.05) is 12.3 Å². The number of anilines is 1. The van der Waals surface area contributed by atoms with Crippen LogP contribution in [0.1, 0.15) is 43.1 Å². The van der Waals surface area contributed by atoms with Crippen molar-refractivity contribution in [1.82, 2.24) is 10.3 Å². The van der Waals surface area contributed by atoms with Gasteiger partial charge in [-0.2, -0.15) is 0 Å². The van der Waals surface area contributed by atoms with E-state index in [4.69, 9.17) is 0 Å². The van der Waals surface area contributed by atoms with Crippen molar-refractivity contribution in [3.05, 3.63) is 11.1 Å². The van der Waals surface area contributed by atoms with Crippen LogP contribution in [0, 0.1) is 0 Å². The first-order valence-electron chi connectivity index (χ1n) is 6.28. The minimum absolute atomic E-state index is 0.202. The summed E-state index contributed by atoms with van der Waals surface area (Å²) in [6.07, 6.45) is 3.04. The molecule has 3 N–H and O–H groups in total. The smallest absolute Gasteiger partial charge is 0.271 e. The minimum Gasteiger partial charge on any atom is -0.391 e. The van der Waals surface area contributed by atoms with E-state index < -0.39 is 6.10 Å². The molecule has 104 valence electrons. The first-order valence-corrected chi connectivity index (χ1v) is 7.16. The molecule has 0 radical (unpaired) electrons. The number of nitrogens with zero attached hydrogens (tertiary/aromatic N) is 1. The predicted octanol–water partition coefficient (Wildman–Crippen LogP) is 1.13. The van der Waals surface area contributed by atoms with Crippen molar-refractivity contribution < 1.29 is 14.7 Å². The Morgan fingerprint density at radius 1 is 1.42 bits per heavy atom. The monoisotopic (exact) mass is 283 g/mol. The Labute approximate surface area is 115 Å². The summed E-state index contributed by atoms with van der Waals surface area (Å²) in [5.41, 5.74) is 0.270. The van der Waals surface area contributed by atoms with Crippen molar-refractivity contribution >= 4 is 28.3 Å². The summed E-state index contributed by atoms with van der Waals surface area (Å²) < 4.78 is 0. The maximum Gasteiger partial charge on any atom is 0.271 e. The Bertz CT molecular complexity index is 475. The minimum atomic E-state index is -0.480. The van der Waals surface area contributed by atoms with Crippen LogP contribution in [0.5, 0.6) is 0 Å². The van der Waals surface area contributed by atoms with Crippen molar-refractivity contribution in [3.63, 3.8) is 0 Å². The molecule has 1 aromatic heterocycles. The number of carbonyl (C=O) groups excluding carboxylic acids is 2. The summed E-state index contributed by atoms with van der Waals surface area (Å²) >= 11 is 1.20. The van der Waals surface area contributed by atoms with E-state index in [1.807, 2.05) is 0 Å². The molecule has 1 aliphatic carbocycles. The highest BCUT2D eigenvalue weighted by Gasteiger charge is 2.25. The molecule has 1 heterocycles. The highest BCUT2D eigenvalue weighted by molar-refractivity contribution is 7.14. The SMILES string of the molecule is CC(=O)Nc1nc(C(=O)N[C@H]2CCCC[C@@H]2O)cs1. The normalized spacial score (nSPS) is 22.8. The molecule has 2 atom stereocenters. The average molecular weight is 283 g/mol. The van der Waals surface area contributed by atoms with E-state index in [1.54, 1.807) is 5.38 Å². The van der Waals surface area contributed by atoms with E-state index in [-0.39, 0.29) is 23.6 Å². The van der Waals surface area contributed by atoms with E-state index in [9.17, 15) is 14.7 Å². The van der Waals surface area contributed by atoms with Crippen LogP contribution in [0.25, 0.3) is 0 Å². The highest BCUT2D eigenvalue weighted by atomic mass is 32.1. The zero-order valence-corrected chi connectivity index (χ0v) is 11.5. The van der Waals surface area contributed by atoms with Gasteiger partial charge in [-0.25, -0.2) is 4.98 Å². The molecule has 19 heavy (non-hydrogen) atoms. The van der Waals surface area contributed by atoms with Crippen LogP contribution in [-0.2, 0) is 4.79 Å². The summed E-state index contributed by atoms with van der Waals surface area (Å²) in [6, 6.07) is -0.202. The fourth-order valence-corrected chi connectivity index (χ4v) is 2.84. The third-order valence-corrected chi connectivity index (χ3v) is 3.82. The van der Waals surface area contributed by atoms with E-state index in [0.717, 1.165) is 25.7 Å². The highest BCUT2D eigenvalue weighted by Crippen LogP contribution is 2.20. The molecule has 0 spiro atoms. The number of aromatic nitrogens is 1. The third kappa shape index (κ3) is 3.74. The lowest BCUT2D eigenvalue weighted by atomic mass is 9.92. The molecule has 1 fully saturated rings. The molecule has 0 unspecified atom stereocenters. The topological polar surface area (TPSA) is 91.3 Å². The summed E-state index contributed by atoms with van der Waals surface area (Å²) in [6.45, 7) is 1.39. The van der Waals surface area contributed by atoms with Gasteiger partial charge in [-0.05, 0) is 12.8 Å². The maximum atomic E-state index is 12.0. The van der Waals surface area contributed by atoms with Gasteiger partial charge in [0.2, 0.25) is 5.91 Å². The number of amides is 2. The lowest BCUT2D eigenvalue weighted by molar-refractivity contribution is -0.114. The quantitative estimate of drug-likeness (QED) is 0.775. The number of nitrogens with one attached hydrogen (secondary N) is 2. The number of aliphatic hydroxyl groups is 1. The van der Waals surface area contributed by atoms with Crippen LogP contribution >= 0.6 is 11.3 Å². The summed E-state index contributed by atoms with van der Waals surface area (Å²) in [5.74, 6) is -0.525. The van der Waals surface area contributed by atoms with Gasteiger partial charge < -0.3 is 15.7 Å². The molecule has 1 saturated carbocycles. The molecule has 0 saturated heterocycles. The number of carbonyl (C=O) groups is 2. The second-order valence-electron chi connectivity index (χ2n) is 4.65. The second kappa shape index (κ2) is 6.12. The summed E-state index contributed by atoms with van der Waals surface area (Å²) in [7, 11) is 0. The van der Waals surface area contributed by atoms with Crippen molar-refractivity contribution in [3.8, 4) is 0 Å². The van der Waals surface area contributed by atoms with Crippen LogP contribution < -0.4 is 10.6 Å². The van der Waals surface area contributed by atoms with Gasteiger partial charge in [0.15, 0.2) is 5.13 Å². The third-order valence-electron chi connectivity index (χ3n) is 3.07. The largest absolute Gasteiger partial charge is 0.391 e. The van der Waals surface area contributed by atoms with Crippen LogP contribution in [-0.4, -0.2) is 34.1 Å². The van der Waals surface area contributed by atoms with Crippen molar-refractivity contribution in [2.75, 3.05) is 5.32 Å². The maximum absolute atomic E-state index is 12.0. The Kier molecular flexibility index (Phi) is 4.49. The van der Waals surface area contributed by atoms with E-state index >= 15 is 0 Å². The van der Waals surface area contributed by atoms with Crippen LogP contribution in [0.2, 0.25) is 0 Å². The molecule has 1 aromatic rings. The lowest BCUT2D eigenvalue weighted by Crippen LogP contribution is -2.45. The standard InChI is InChI=1S/C12H17N3O3S/c1-7(16)13-12-15-9(6-19-12)11(18)14-8-4-2-3-5-10(8)17/h6,8,10,17H,2-5H2,1H3,(H,14,18)(H,13,15,16)/t8-,10-/m0/s1. The Hall–Kier alpha value is -1.47. The first-order chi connectivity index (χ1) is 9.06. The molecule has 7 heteroatoms. The van der Waals surface area contributed by atoms with Crippen LogP contribution in [0.15, 0.2) is 5.38 Å². The fraction of sp³-hybridized carbons (Fsp3) is 0.583. The molecular weight excluding hydrogens is 266 g/mol. The molecule has 2 rings (SSSR count). The molecular formula is C12H17N3O3S. The molecule has 0 bridgehead atoms. The second-order valence-corrected chi connectivity index (χ2v) is 5.51. The van der Waals surface area contributed by atoms with Crippen molar-refractivity contribution in [2.45, 2.75) is 44.8 Å². The van der Waals surface area contributed by atoms with Crippen molar-refractivity contribution in [2.24, 2.45) is 0 Å². The van der Waals surface area contributed by atoms with Crippen LogP contribution in [0.3, 0.4) is 0 Å². The van der Waals surface area contributed by atoms with E-state index in [2.05, 4.69) is 15.6 Å². The van der Waals surface area contributed by atoms with Gasteiger partial charge in [-0.3, -0.25) is 9.59 Å².